The Morgan fingerprint density at radius 3 is 2.58 bits per heavy atom. The number of aromatic nitrogens is 1. The minimum atomic E-state index is -0.564. The van der Waals surface area contributed by atoms with E-state index in [1.165, 1.54) is 0 Å². The minimum Gasteiger partial charge on any atom is -0.444 e. The molecule has 0 N–H and O–H groups in total. The standard InChI is InChI=1S/C18H27N3O3/c1-18(2,3)24-17(23)21-12-6-5-7-15(21)16(22)20(4)13-14-8-10-19-11-9-14/h8-11,15H,5-7,12-13H2,1-4H3. The van der Waals surface area contributed by atoms with Crippen LogP contribution in [0.1, 0.15) is 45.6 Å². The molecule has 1 atom stereocenters. The van der Waals surface area contributed by atoms with Gasteiger partial charge in [-0.25, -0.2) is 4.79 Å². The number of likely N-dealkylation sites (tertiary alicyclic amines) is 1. The van der Waals surface area contributed by atoms with Crippen molar-refractivity contribution in [1.82, 2.24) is 14.8 Å². The maximum absolute atomic E-state index is 12.8. The third kappa shape index (κ3) is 4.94. The SMILES string of the molecule is CN(Cc1ccncc1)C(=O)C1CCCCN1C(=O)OC(C)(C)C. The second-order valence-electron chi connectivity index (χ2n) is 7.24. The molecule has 1 saturated heterocycles. The van der Waals surface area contributed by atoms with Crippen molar-refractivity contribution in [2.75, 3.05) is 13.6 Å². The van der Waals surface area contributed by atoms with Crippen LogP contribution in [0.2, 0.25) is 0 Å². The van der Waals surface area contributed by atoms with E-state index in [2.05, 4.69) is 4.98 Å². The van der Waals surface area contributed by atoms with Gasteiger partial charge in [0.25, 0.3) is 0 Å². The first-order chi connectivity index (χ1) is 11.3. The van der Waals surface area contributed by atoms with Gasteiger partial charge in [-0.2, -0.15) is 0 Å². The first kappa shape index (κ1) is 18.2. The van der Waals surface area contributed by atoms with Crippen LogP contribution < -0.4 is 0 Å². The molecule has 1 fully saturated rings. The molecule has 0 bridgehead atoms. The van der Waals surface area contributed by atoms with Crippen LogP contribution in [-0.2, 0) is 16.1 Å². The molecule has 2 amide bonds. The fourth-order valence-electron chi connectivity index (χ4n) is 2.82. The first-order valence-corrected chi connectivity index (χ1v) is 8.41. The number of piperidine rings is 1. The molecule has 1 aromatic rings. The second kappa shape index (κ2) is 7.64. The Bertz CT molecular complexity index is 569. The van der Waals surface area contributed by atoms with Crippen LogP contribution in [-0.4, -0.2) is 52.0 Å². The first-order valence-electron chi connectivity index (χ1n) is 8.41. The van der Waals surface area contributed by atoms with Gasteiger partial charge in [-0.1, -0.05) is 0 Å². The zero-order chi connectivity index (χ0) is 17.7. The van der Waals surface area contributed by atoms with Gasteiger partial charge in [0, 0.05) is 32.5 Å². The Labute approximate surface area is 143 Å². The van der Waals surface area contributed by atoms with Crippen LogP contribution in [0.4, 0.5) is 4.79 Å². The highest BCUT2D eigenvalue weighted by atomic mass is 16.6. The van der Waals surface area contributed by atoms with E-state index < -0.39 is 17.7 Å². The summed E-state index contributed by atoms with van der Waals surface area (Å²) in [6, 6.07) is 3.33. The number of likely N-dealkylation sites (N-methyl/N-ethyl adjacent to an activating group) is 1. The largest absolute Gasteiger partial charge is 0.444 e. The van der Waals surface area contributed by atoms with Crippen molar-refractivity contribution in [3.63, 3.8) is 0 Å². The van der Waals surface area contributed by atoms with E-state index in [9.17, 15) is 9.59 Å². The lowest BCUT2D eigenvalue weighted by molar-refractivity contribution is -0.137. The van der Waals surface area contributed by atoms with Crippen molar-refractivity contribution < 1.29 is 14.3 Å². The summed E-state index contributed by atoms with van der Waals surface area (Å²) in [5.74, 6) is -0.0441. The number of rotatable bonds is 3. The molecule has 6 heteroatoms. The molecule has 2 rings (SSSR count). The summed E-state index contributed by atoms with van der Waals surface area (Å²) < 4.78 is 5.46. The third-order valence-electron chi connectivity index (χ3n) is 3.96. The number of hydrogen-bond acceptors (Lipinski definition) is 4. The van der Waals surface area contributed by atoms with Crippen LogP contribution in [0, 0.1) is 0 Å². The lowest BCUT2D eigenvalue weighted by Crippen LogP contribution is -2.53. The van der Waals surface area contributed by atoms with Crippen molar-refractivity contribution in [1.29, 1.82) is 0 Å². The predicted molar refractivity (Wildman–Crippen MR) is 91.3 cm³/mol. The molecule has 0 spiro atoms. The Balaban J connectivity index is 2.05. The van der Waals surface area contributed by atoms with E-state index in [1.54, 1.807) is 29.2 Å². The van der Waals surface area contributed by atoms with Gasteiger partial charge in [-0.05, 0) is 57.7 Å². The molecule has 2 heterocycles. The van der Waals surface area contributed by atoms with E-state index in [4.69, 9.17) is 4.74 Å². The van der Waals surface area contributed by atoms with Gasteiger partial charge in [-0.3, -0.25) is 14.7 Å². The topological polar surface area (TPSA) is 62.7 Å². The molecule has 0 aromatic carbocycles. The van der Waals surface area contributed by atoms with Crippen LogP contribution in [0.3, 0.4) is 0 Å². The van der Waals surface area contributed by atoms with E-state index in [-0.39, 0.29) is 5.91 Å². The highest BCUT2D eigenvalue weighted by Crippen LogP contribution is 2.22. The van der Waals surface area contributed by atoms with Gasteiger partial charge in [0.05, 0.1) is 0 Å². The number of hydrogen-bond donors (Lipinski definition) is 0. The molecule has 0 saturated carbocycles. The van der Waals surface area contributed by atoms with E-state index in [0.717, 1.165) is 18.4 Å². The number of ether oxygens (including phenoxy) is 1. The zero-order valence-electron chi connectivity index (χ0n) is 15.0. The highest BCUT2D eigenvalue weighted by Gasteiger charge is 2.36. The van der Waals surface area contributed by atoms with Gasteiger partial charge >= 0.3 is 6.09 Å². The lowest BCUT2D eigenvalue weighted by atomic mass is 10.0. The fourth-order valence-corrected chi connectivity index (χ4v) is 2.82. The number of carbonyl (C=O) groups excluding carboxylic acids is 2. The van der Waals surface area contributed by atoms with Crippen molar-refractivity contribution in [3.05, 3.63) is 30.1 Å². The number of carbonyl (C=O) groups is 2. The van der Waals surface area contributed by atoms with Crippen LogP contribution in [0.15, 0.2) is 24.5 Å². The number of nitrogens with zero attached hydrogens (tertiary/aromatic N) is 3. The summed E-state index contributed by atoms with van der Waals surface area (Å²) >= 11 is 0. The predicted octanol–water partition coefficient (Wildman–Crippen LogP) is 2.83. The summed E-state index contributed by atoms with van der Waals surface area (Å²) in [6.45, 7) is 6.57. The van der Waals surface area contributed by atoms with Gasteiger partial charge < -0.3 is 9.64 Å². The molecule has 0 radical (unpaired) electrons. The maximum atomic E-state index is 12.8. The van der Waals surface area contributed by atoms with Crippen LogP contribution in [0.5, 0.6) is 0 Å². The fraction of sp³-hybridized carbons (Fsp3) is 0.611. The lowest BCUT2D eigenvalue weighted by Gasteiger charge is -2.37. The molecule has 24 heavy (non-hydrogen) atoms. The molecule has 1 aliphatic rings. The Kier molecular flexibility index (Phi) is 5.80. The molecular formula is C18H27N3O3. The van der Waals surface area contributed by atoms with Crippen LogP contribution >= 0.6 is 0 Å². The third-order valence-corrected chi connectivity index (χ3v) is 3.96. The number of pyridine rings is 1. The Hall–Kier alpha value is -2.11. The smallest absolute Gasteiger partial charge is 0.410 e. The molecule has 6 nitrogen and oxygen atoms in total. The Morgan fingerprint density at radius 1 is 1.29 bits per heavy atom. The summed E-state index contributed by atoms with van der Waals surface area (Å²) in [5, 5.41) is 0. The Morgan fingerprint density at radius 2 is 1.96 bits per heavy atom. The normalized spacial score (nSPS) is 18.2. The highest BCUT2D eigenvalue weighted by molar-refractivity contribution is 5.85. The second-order valence-corrected chi connectivity index (χ2v) is 7.24. The van der Waals surface area contributed by atoms with E-state index >= 15 is 0 Å². The van der Waals surface area contributed by atoms with E-state index in [1.807, 2.05) is 32.9 Å². The molecule has 132 valence electrons. The molecule has 1 aromatic heterocycles. The average molecular weight is 333 g/mol. The zero-order valence-corrected chi connectivity index (χ0v) is 15.0. The van der Waals surface area contributed by atoms with Gasteiger partial charge in [0.2, 0.25) is 5.91 Å². The van der Waals surface area contributed by atoms with Crippen LogP contribution in [0.25, 0.3) is 0 Å². The molecule has 1 unspecified atom stereocenters. The average Bonchev–Trinajstić information content (AvgIpc) is 2.53. The molecule has 1 aliphatic heterocycles. The van der Waals surface area contributed by atoms with Gasteiger partial charge in [0.15, 0.2) is 0 Å². The summed E-state index contributed by atoms with van der Waals surface area (Å²) in [5.41, 5.74) is 0.450. The number of amides is 2. The van der Waals surface area contributed by atoms with E-state index in [0.29, 0.717) is 19.5 Å². The van der Waals surface area contributed by atoms with Gasteiger partial charge in [0.1, 0.15) is 11.6 Å². The van der Waals surface area contributed by atoms with Gasteiger partial charge in [-0.15, -0.1) is 0 Å². The van der Waals surface area contributed by atoms with Crippen molar-refractivity contribution in [2.45, 2.75) is 58.2 Å². The van der Waals surface area contributed by atoms with Crippen molar-refractivity contribution in [3.8, 4) is 0 Å². The van der Waals surface area contributed by atoms with Crippen molar-refractivity contribution in [2.24, 2.45) is 0 Å². The van der Waals surface area contributed by atoms with Crippen molar-refractivity contribution >= 4 is 12.0 Å². The summed E-state index contributed by atoms with van der Waals surface area (Å²) in [6.07, 6.45) is 5.54. The molecule has 0 aliphatic carbocycles. The molecular weight excluding hydrogens is 306 g/mol. The maximum Gasteiger partial charge on any atom is 0.410 e. The quantitative estimate of drug-likeness (QED) is 0.853. The monoisotopic (exact) mass is 333 g/mol. The minimum absolute atomic E-state index is 0.0441. The summed E-state index contributed by atoms with van der Waals surface area (Å²) in [4.78, 5) is 32.5. The summed E-state index contributed by atoms with van der Waals surface area (Å²) in [7, 11) is 1.77.